The van der Waals surface area contributed by atoms with Gasteiger partial charge in [0.25, 0.3) is 0 Å². The highest BCUT2D eigenvalue weighted by molar-refractivity contribution is 5.80. The third kappa shape index (κ3) is 42.8. The number of aliphatic hydroxyl groups excluding tert-OH is 3. The van der Waals surface area contributed by atoms with E-state index < -0.39 is 24.2 Å². The quantitative estimate of drug-likeness (QED) is 0.0364. The molecule has 3 unspecified atom stereocenters. The first kappa shape index (κ1) is 55.8. The Morgan fingerprint density at radius 1 is 0.421 bits per heavy atom. The van der Waals surface area contributed by atoms with Gasteiger partial charge in [-0.15, -0.1) is 0 Å². The van der Waals surface area contributed by atoms with Crippen LogP contribution in [0.15, 0.2) is 24.3 Å². The van der Waals surface area contributed by atoms with Crippen molar-refractivity contribution in [2.45, 2.75) is 295 Å². The molecule has 5 nitrogen and oxygen atoms in total. The normalized spacial score (nSPS) is 13.6. The lowest BCUT2D eigenvalue weighted by Gasteiger charge is -2.21. The second kappa shape index (κ2) is 47.5. The Morgan fingerprint density at radius 2 is 0.702 bits per heavy atom. The van der Waals surface area contributed by atoms with Gasteiger partial charge in [-0.1, -0.05) is 256 Å². The molecule has 338 valence electrons. The van der Waals surface area contributed by atoms with E-state index in [9.17, 15) is 20.1 Å². The van der Waals surface area contributed by atoms with Gasteiger partial charge in [0.05, 0.1) is 18.8 Å². The molecule has 3 atom stereocenters. The number of hydrogen-bond donors (Lipinski definition) is 4. The molecule has 0 heterocycles. The van der Waals surface area contributed by atoms with Crippen molar-refractivity contribution in [3.05, 3.63) is 24.3 Å². The highest BCUT2D eigenvalue weighted by Gasteiger charge is 2.22. The number of nitrogens with one attached hydrogen (secondary N) is 1. The molecule has 0 spiro atoms. The fourth-order valence-corrected chi connectivity index (χ4v) is 8.01. The van der Waals surface area contributed by atoms with E-state index in [1.54, 1.807) is 6.08 Å². The van der Waals surface area contributed by atoms with Crippen molar-refractivity contribution < 1.29 is 20.1 Å². The van der Waals surface area contributed by atoms with Crippen LogP contribution in [0.1, 0.15) is 277 Å². The molecule has 0 bridgehead atoms. The van der Waals surface area contributed by atoms with Crippen molar-refractivity contribution in [1.29, 1.82) is 0 Å². The molecule has 0 aliphatic heterocycles. The Kier molecular flexibility index (Phi) is 46.5. The van der Waals surface area contributed by atoms with Gasteiger partial charge in [0.2, 0.25) is 5.91 Å². The van der Waals surface area contributed by atoms with Gasteiger partial charge >= 0.3 is 0 Å². The highest BCUT2D eigenvalue weighted by atomic mass is 16.3. The molecule has 1 amide bonds. The number of rotatable bonds is 47. The predicted octanol–water partition coefficient (Wildman–Crippen LogP) is 15.3. The van der Waals surface area contributed by atoms with Crippen LogP contribution in [0.5, 0.6) is 0 Å². The first-order chi connectivity index (χ1) is 28.1. The van der Waals surface area contributed by atoms with Gasteiger partial charge in [-0.3, -0.25) is 4.79 Å². The predicted molar refractivity (Wildman–Crippen MR) is 250 cm³/mol. The monoisotopic (exact) mass is 804 g/mol. The van der Waals surface area contributed by atoms with Crippen molar-refractivity contribution in [3.63, 3.8) is 0 Å². The number of hydrogen-bond acceptors (Lipinski definition) is 4. The van der Waals surface area contributed by atoms with Crippen LogP contribution < -0.4 is 5.32 Å². The van der Waals surface area contributed by atoms with Gasteiger partial charge < -0.3 is 20.6 Å². The fourth-order valence-electron chi connectivity index (χ4n) is 8.01. The molecular weight excluding hydrogens is 703 g/mol. The SMILES string of the molecule is CCCCCCCCCCCCCC/C=C\CCCCCCCCCCCCCCC(O)C(=O)NC(CO)C(O)/C=C/CCCCCCCCCCCCCCC. The summed E-state index contributed by atoms with van der Waals surface area (Å²) in [6.45, 7) is 4.20. The molecule has 0 aromatic carbocycles. The van der Waals surface area contributed by atoms with E-state index in [0.29, 0.717) is 6.42 Å². The largest absolute Gasteiger partial charge is 0.394 e. The summed E-state index contributed by atoms with van der Waals surface area (Å²) in [6.07, 6.45) is 59.5. The van der Waals surface area contributed by atoms with Crippen LogP contribution >= 0.6 is 0 Å². The van der Waals surface area contributed by atoms with Gasteiger partial charge in [0.1, 0.15) is 6.10 Å². The molecule has 0 rings (SSSR count). The van der Waals surface area contributed by atoms with Crippen LogP contribution in [0.4, 0.5) is 0 Å². The molecule has 0 aromatic rings. The van der Waals surface area contributed by atoms with Gasteiger partial charge in [-0.25, -0.2) is 0 Å². The number of carbonyl (C=O) groups is 1. The fraction of sp³-hybridized carbons (Fsp3) is 0.904. The summed E-state index contributed by atoms with van der Waals surface area (Å²) >= 11 is 0. The lowest BCUT2D eigenvalue weighted by atomic mass is 10.0. The Morgan fingerprint density at radius 3 is 1.02 bits per heavy atom. The van der Waals surface area contributed by atoms with Crippen LogP contribution in [-0.4, -0.2) is 46.1 Å². The Labute approximate surface area is 356 Å². The smallest absolute Gasteiger partial charge is 0.249 e. The summed E-state index contributed by atoms with van der Waals surface area (Å²) in [6, 6.07) is -0.795. The zero-order chi connectivity index (χ0) is 41.5. The maximum atomic E-state index is 12.5. The minimum Gasteiger partial charge on any atom is -0.394 e. The molecule has 4 N–H and O–H groups in total. The van der Waals surface area contributed by atoms with E-state index in [2.05, 4.69) is 31.3 Å². The van der Waals surface area contributed by atoms with Crippen LogP contribution in [0.3, 0.4) is 0 Å². The number of carbonyl (C=O) groups excluding carboxylic acids is 1. The molecule has 0 aromatic heterocycles. The lowest BCUT2D eigenvalue weighted by molar-refractivity contribution is -0.131. The van der Waals surface area contributed by atoms with Gasteiger partial charge in [0, 0.05) is 0 Å². The highest BCUT2D eigenvalue weighted by Crippen LogP contribution is 2.16. The van der Waals surface area contributed by atoms with E-state index in [1.807, 2.05) is 6.08 Å². The molecule has 0 radical (unpaired) electrons. The van der Waals surface area contributed by atoms with Crippen LogP contribution in [0.2, 0.25) is 0 Å². The second-order valence-electron chi connectivity index (χ2n) is 17.7. The van der Waals surface area contributed by atoms with Crippen molar-refractivity contribution in [3.8, 4) is 0 Å². The molecule has 0 aliphatic rings. The van der Waals surface area contributed by atoms with E-state index in [1.165, 1.54) is 225 Å². The maximum absolute atomic E-state index is 12.5. The first-order valence-electron chi connectivity index (χ1n) is 25.7. The van der Waals surface area contributed by atoms with Gasteiger partial charge in [0.15, 0.2) is 0 Å². The van der Waals surface area contributed by atoms with E-state index in [0.717, 1.165) is 32.1 Å². The average Bonchev–Trinajstić information content (AvgIpc) is 3.22. The second-order valence-corrected chi connectivity index (χ2v) is 17.7. The minimum absolute atomic E-state index is 0.361. The van der Waals surface area contributed by atoms with Crippen molar-refractivity contribution in [1.82, 2.24) is 5.32 Å². The van der Waals surface area contributed by atoms with Crippen molar-refractivity contribution >= 4 is 5.91 Å². The summed E-state index contributed by atoms with van der Waals surface area (Å²) < 4.78 is 0. The standard InChI is InChI=1S/C52H101NO4/c1-3-5-7-9-11-13-15-17-19-20-21-22-23-24-25-26-27-28-29-30-31-33-35-37-39-41-43-45-47-51(56)52(57)53-49(48-54)50(55)46-44-42-40-38-36-34-32-18-16-14-12-10-8-6-4-2/h24-25,44,46,49-51,54-56H,3-23,26-43,45,47-48H2,1-2H3,(H,53,57)/b25-24-,46-44+. The molecule has 5 heteroatoms. The van der Waals surface area contributed by atoms with E-state index in [-0.39, 0.29) is 6.61 Å². The number of amides is 1. The van der Waals surface area contributed by atoms with E-state index in [4.69, 9.17) is 0 Å². The number of allylic oxidation sites excluding steroid dienone is 3. The summed E-state index contributed by atoms with van der Waals surface area (Å²) in [7, 11) is 0. The molecule has 0 saturated heterocycles. The molecular formula is C52H101NO4. The summed E-state index contributed by atoms with van der Waals surface area (Å²) in [4.78, 5) is 12.5. The summed E-state index contributed by atoms with van der Waals surface area (Å²) in [5, 5.41) is 33.2. The third-order valence-corrected chi connectivity index (χ3v) is 12.0. The molecule has 0 saturated carbocycles. The Balaban J connectivity index is 3.56. The van der Waals surface area contributed by atoms with Gasteiger partial charge in [-0.05, 0) is 44.9 Å². The Hall–Kier alpha value is -1.17. The average molecular weight is 804 g/mol. The molecule has 57 heavy (non-hydrogen) atoms. The summed E-state index contributed by atoms with van der Waals surface area (Å²) in [5.41, 5.74) is 0. The Bertz CT molecular complexity index is 844. The molecule has 0 aliphatic carbocycles. The zero-order valence-corrected chi connectivity index (χ0v) is 38.5. The minimum atomic E-state index is -1.10. The first-order valence-corrected chi connectivity index (χ1v) is 25.7. The van der Waals surface area contributed by atoms with Gasteiger partial charge in [-0.2, -0.15) is 0 Å². The van der Waals surface area contributed by atoms with Crippen molar-refractivity contribution in [2.75, 3.05) is 6.61 Å². The molecule has 0 fully saturated rings. The van der Waals surface area contributed by atoms with E-state index >= 15 is 0 Å². The maximum Gasteiger partial charge on any atom is 0.249 e. The van der Waals surface area contributed by atoms with Crippen LogP contribution in [0.25, 0.3) is 0 Å². The van der Waals surface area contributed by atoms with Crippen molar-refractivity contribution in [2.24, 2.45) is 0 Å². The third-order valence-electron chi connectivity index (χ3n) is 12.0. The van der Waals surface area contributed by atoms with Crippen LogP contribution in [0, 0.1) is 0 Å². The lowest BCUT2D eigenvalue weighted by Crippen LogP contribution is -2.48. The van der Waals surface area contributed by atoms with Crippen LogP contribution in [-0.2, 0) is 4.79 Å². The summed E-state index contributed by atoms with van der Waals surface area (Å²) in [5.74, 6) is -0.500. The number of aliphatic hydroxyl groups is 3. The zero-order valence-electron chi connectivity index (χ0n) is 38.5. The topological polar surface area (TPSA) is 89.8 Å². The number of unbranched alkanes of at least 4 members (excludes halogenated alkanes) is 37.